The third-order valence-electron chi connectivity index (χ3n) is 2.13. The Morgan fingerprint density at radius 1 is 1.33 bits per heavy atom. The zero-order valence-electron chi connectivity index (χ0n) is 10.00. The van der Waals surface area contributed by atoms with Gasteiger partial charge < -0.3 is 20.1 Å². The molecule has 2 amide bonds. The van der Waals surface area contributed by atoms with E-state index in [9.17, 15) is 4.79 Å². The quantitative estimate of drug-likeness (QED) is 0.821. The number of amides is 2. The van der Waals surface area contributed by atoms with Gasteiger partial charge in [-0.1, -0.05) is 23.2 Å². The Labute approximate surface area is 115 Å². The molecule has 0 aliphatic rings. The van der Waals surface area contributed by atoms with Crippen molar-refractivity contribution in [2.45, 2.75) is 6.29 Å². The summed E-state index contributed by atoms with van der Waals surface area (Å²) in [6.07, 6.45) is -0.495. The third-order valence-corrected chi connectivity index (χ3v) is 2.70. The van der Waals surface area contributed by atoms with Gasteiger partial charge in [0.15, 0.2) is 6.29 Å². The molecule has 7 heteroatoms. The van der Waals surface area contributed by atoms with Gasteiger partial charge in [-0.2, -0.15) is 0 Å². The number of anilines is 1. The lowest BCUT2D eigenvalue weighted by Gasteiger charge is -2.14. The monoisotopic (exact) mass is 292 g/mol. The van der Waals surface area contributed by atoms with E-state index in [0.29, 0.717) is 15.7 Å². The number of ether oxygens (including phenoxy) is 2. The molecular weight excluding hydrogens is 279 g/mol. The lowest BCUT2D eigenvalue weighted by Crippen LogP contribution is -2.36. The largest absolute Gasteiger partial charge is 0.354 e. The Morgan fingerprint density at radius 2 is 2.00 bits per heavy atom. The van der Waals surface area contributed by atoms with Gasteiger partial charge >= 0.3 is 6.03 Å². The molecule has 0 radical (unpaired) electrons. The molecule has 0 atom stereocenters. The van der Waals surface area contributed by atoms with Crippen LogP contribution in [-0.2, 0) is 9.47 Å². The SMILES string of the molecule is COC(CNC(=O)Nc1cc(Cl)ccc1Cl)OC. The molecule has 2 N–H and O–H groups in total. The summed E-state index contributed by atoms with van der Waals surface area (Å²) in [5.74, 6) is 0. The Balaban J connectivity index is 2.51. The molecule has 0 aromatic heterocycles. The standard InChI is InChI=1S/C11H14Cl2N2O3/c1-17-10(18-2)6-14-11(16)15-9-5-7(12)3-4-8(9)13/h3-5,10H,6H2,1-2H3,(H2,14,15,16). The van der Waals surface area contributed by atoms with E-state index in [4.69, 9.17) is 32.7 Å². The zero-order valence-corrected chi connectivity index (χ0v) is 11.5. The normalized spacial score (nSPS) is 10.5. The minimum absolute atomic E-state index is 0.219. The lowest BCUT2D eigenvalue weighted by molar-refractivity contribution is -0.0970. The van der Waals surface area contributed by atoms with E-state index in [1.807, 2.05) is 0 Å². The Hall–Kier alpha value is -1.01. The first-order chi connectivity index (χ1) is 8.56. The van der Waals surface area contributed by atoms with Gasteiger partial charge in [-0.15, -0.1) is 0 Å². The highest BCUT2D eigenvalue weighted by atomic mass is 35.5. The second kappa shape index (κ2) is 7.43. The fourth-order valence-corrected chi connectivity index (χ4v) is 1.54. The number of hydrogen-bond acceptors (Lipinski definition) is 3. The molecule has 1 aromatic rings. The molecule has 5 nitrogen and oxygen atoms in total. The molecule has 100 valence electrons. The van der Waals surface area contributed by atoms with Crippen molar-refractivity contribution in [3.05, 3.63) is 28.2 Å². The molecule has 0 saturated carbocycles. The van der Waals surface area contributed by atoms with Crippen molar-refractivity contribution in [3.63, 3.8) is 0 Å². The van der Waals surface area contributed by atoms with Crippen LogP contribution in [-0.4, -0.2) is 33.1 Å². The maximum atomic E-state index is 11.6. The van der Waals surface area contributed by atoms with Crippen molar-refractivity contribution in [1.29, 1.82) is 0 Å². The van der Waals surface area contributed by atoms with Crippen molar-refractivity contribution in [2.75, 3.05) is 26.1 Å². The van der Waals surface area contributed by atoms with Gasteiger partial charge in [0.25, 0.3) is 0 Å². The molecule has 0 heterocycles. The summed E-state index contributed by atoms with van der Waals surface area (Å²) in [6.45, 7) is 0.219. The molecule has 0 unspecified atom stereocenters. The highest BCUT2D eigenvalue weighted by molar-refractivity contribution is 6.35. The van der Waals surface area contributed by atoms with Gasteiger partial charge in [-0.3, -0.25) is 0 Å². The number of carbonyl (C=O) groups is 1. The number of urea groups is 1. The Kier molecular flexibility index (Phi) is 6.21. The van der Waals surface area contributed by atoms with E-state index >= 15 is 0 Å². The molecule has 0 saturated heterocycles. The highest BCUT2D eigenvalue weighted by Crippen LogP contribution is 2.25. The molecule has 18 heavy (non-hydrogen) atoms. The van der Waals surface area contributed by atoms with E-state index in [1.165, 1.54) is 14.2 Å². The summed E-state index contributed by atoms with van der Waals surface area (Å²) in [4.78, 5) is 11.6. The number of carbonyl (C=O) groups excluding carboxylic acids is 1. The molecule has 0 fully saturated rings. The minimum atomic E-state index is -0.495. The fourth-order valence-electron chi connectivity index (χ4n) is 1.20. The van der Waals surface area contributed by atoms with E-state index in [1.54, 1.807) is 18.2 Å². The highest BCUT2D eigenvalue weighted by Gasteiger charge is 2.09. The maximum Gasteiger partial charge on any atom is 0.319 e. The number of methoxy groups -OCH3 is 2. The molecule has 1 aromatic carbocycles. The van der Waals surface area contributed by atoms with Gasteiger partial charge in [0, 0.05) is 19.2 Å². The zero-order chi connectivity index (χ0) is 13.5. The van der Waals surface area contributed by atoms with Crippen molar-refractivity contribution < 1.29 is 14.3 Å². The summed E-state index contributed by atoms with van der Waals surface area (Å²) in [5.41, 5.74) is 0.438. The van der Waals surface area contributed by atoms with Crippen molar-refractivity contribution in [3.8, 4) is 0 Å². The molecular formula is C11H14Cl2N2O3. The van der Waals surface area contributed by atoms with Crippen molar-refractivity contribution in [1.82, 2.24) is 5.32 Å². The van der Waals surface area contributed by atoms with Gasteiger partial charge in [0.05, 0.1) is 17.3 Å². The number of benzene rings is 1. The maximum absolute atomic E-state index is 11.6. The number of halogens is 2. The van der Waals surface area contributed by atoms with Crippen LogP contribution in [0.1, 0.15) is 0 Å². The molecule has 0 aliphatic carbocycles. The summed E-state index contributed by atoms with van der Waals surface area (Å²) >= 11 is 11.7. The Morgan fingerprint density at radius 3 is 2.61 bits per heavy atom. The average Bonchev–Trinajstić information content (AvgIpc) is 2.35. The van der Waals surface area contributed by atoms with Gasteiger partial charge in [-0.05, 0) is 18.2 Å². The van der Waals surface area contributed by atoms with Crippen LogP contribution >= 0.6 is 23.2 Å². The summed E-state index contributed by atoms with van der Waals surface area (Å²) < 4.78 is 9.86. The number of hydrogen-bond donors (Lipinski definition) is 2. The first-order valence-corrected chi connectivity index (χ1v) is 5.88. The first-order valence-electron chi connectivity index (χ1n) is 5.12. The van der Waals surface area contributed by atoms with Crippen molar-refractivity contribution in [2.24, 2.45) is 0 Å². The van der Waals surface area contributed by atoms with Crippen molar-refractivity contribution >= 4 is 34.9 Å². The van der Waals surface area contributed by atoms with Gasteiger partial charge in [-0.25, -0.2) is 4.79 Å². The van der Waals surface area contributed by atoms with Gasteiger partial charge in [0.2, 0.25) is 0 Å². The summed E-state index contributed by atoms with van der Waals surface area (Å²) in [7, 11) is 2.98. The molecule has 0 bridgehead atoms. The Bertz CT molecular complexity index is 411. The van der Waals surface area contributed by atoms with Crippen LogP contribution in [0.4, 0.5) is 10.5 Å². The summed E-state index contributed by atoms with van der Waals surface area (Å²) in [6, 6.07) is 4.39. The van der Waals surface area contributed by atoms with E-state index < -0.39 is 12.3 Å². The predicted octanol–water partition coefficient (Wildman–Crippen LogP) is 2.73. The predicted molar refractivity (Wildman–Crippen MR) is 71.3 cm³/mol. The van der Waals surface area contributed by atoms with E-state index in [-0.39, 0.29) is 6.54 Å². The molecule has 0 aliphatic heterocycles. The topological polar surface area (TPSA) is 59.6 Å². The first kappa shape index (κ1) is 15.0. The molecule has 0 spiro atoms. The lowest BCUT2D eigenvalue weighted by atomic mass is 10.3. The average molecular weight is 293 g/mol. The second-order valence-corrected chi connectivity index (χ2v) is 4.20. The van der Waals surface area contributed by atoms with Crippen LogP contribution in [0.5, 0.6) is 0 Å². The fraction of sp³-hybridized carbons (Fsp3) is 0.364. The van der Waals surface area contributed by atoms with Crippen LogP contribution in [0.3, 0.4) is 0 Å². The van der Waals surface area contributed by atoms with Crippen LogP contribution in [0.2, 0.25) is 10.0 Å². The van der Waals surface area contributed by atoms with Crippen LogP contribution in [0.15, 0.2) is 18.2 Å². The summed E-state index contributed by atoms with van der Waals surface area (Å²) in [5, 5.41) is 6.05. The van der Waals surface area contributed by atoms with Crippen LogP contribution in [0, 0.1) is 0 Å². The number of rotatable bonds is 5. The van der Waals surface area contributed by atoms with E-state index in [0.717, 1.165) is 0 Å². The smallest absolute Gasteiger partial charge is 0.319 e. The minimum Gasteiger partial charge on any atom is -0.354 e. The van der Waals surface area contributed by atoms with Crippen LogP contribution in [0.25, 0.3) is 0 Å². The number of nitrogens with one attached hydrogen (secondary N) is 2. The van der Waals surface area contributed by atoms with E-state index in [2.05, 4.69) is 10.6 Å². The van der Waals surface area contributed by atoms with Gasteiger partial charge in [0.1, 0.15) is 0 Å². The second-order valence-electron chi connectivity index (χ2n) is 3.36. The third kappa shape index (κ3) is 4.70. The molecule has 1 rings (SSSR count). The van der Waals surface area contributed by atoms with Crippen LogP contribution < -0.4 is 10.6 Å².